The highest BCUT2D eigenvalue weighted by Gasteiger charge is 2.50. The number of hydrogen-bond donors (Lipinski definition) is 0. The second-order valence-corrected chi connectivity index (χ2v) is 10.1. The molecule has 1 aliphatic heterocycles. The Morgan fingerprint density at radius 1 is 1.06 bits per heavy atom. The number of carbonyl (C=O) groups excluding carboxylic acids is 2. The topological polar surface area (TPSA) is 79.7 Å². The quantitative estimate of drug-likeness (QED) is 0.232. The number of hydrogen-bond acceptors (Lipinski definition) is 6. The van der Waals surface area contributed by atoms with Crippen molar-refractivity contribution in [3.8, 4) is 5.88 Å². The molecule has 1 atom stereocenters. The van der Waals surface area contributed by atoms with Gasteiger partial charge in [0.25, 0.3) is 0 Å². The molecule has 0 fully saturated rings. The fraction of sp³-hybridized carbons (Fsp3) is 0.414. The van der Waals surface area contributed by atoms with Crippen LogP contribution in [0, 0.1) is 5.41 Å². The Labute approximate surface area is 212 Å². The van der Waals surface area contributed by atoms with E-state index in [2.05, 4.69) is 6.92 Å². The maximum Gasteiger partial charge on any atom is 0.359 e. The first-order chi connectivity index (χ1) is 17.2. The lowest BCUT2D eigenvalue weighted by atomic mass is 9.79. The molecule has 1 aliphatic rings. The molecule has 7 nitrogen and oxygen atoms in total. The van der Waals surface area contributed by atoms with E-state index in [0.717, 1.165) is 24.0 Å². The van der Waals surface area contributed by atoms with E-state index in [1.807, 2.05) is 60.7 Å². The molecule has 3 aromatic rings. The van der Waals surface area contributed by atoms with E-state index in [1.54, 1.807) is 25.5 Å². The first-order valence-corrected chi connectivity index (χ1v) is 12.4. The van der Waals surface area contributed by atoms with Gasteiger partial charge in [-0.1, -0.05) is 94.8 Å². The van der Waals surface area contributed by atoms with Crippen molar-refractivity contribution in [2.24, 2.45) is 5.41 Å². The van der Waals surface area contributed by atoms with Crippen molar-refractivity contribution >= 4 is 11.8 Å². The smallest absolute Gasteiger partial charge is 0.359 e. The molecule has 7 heteroatoms. The SMILES string of the molecule is CCCCO[C@@H]1CC(c2ccccc2)(c2ccccc2)n2nc(C(=O)OC)c(C(=O)C(C)(C)C)c2O1. The number of carbonyl (C=O) groups is 2. The van der Waals surface area contributed by atoms with Crippen molar-refractivity contribution < 1.29 is 23.8 Å². The summed E-state index contributed by atoms with van der Waals surface area (Å²) in [4.78, 5) is 26.6. The van der Waals surface area contributed by atoms with Crippen LogP contribution in [-0.4, -0.2) is 41.5 Å². The van der Waals surface area contributed by atoms with Crippen LogP contribution in [0.1, 0.15) is 78.9 Å². The molecule has 36 heavy (non-hydrogen) atoms. The third-order valence-corrected chi connectivity index (χ3v) is 6.50. The average Bonchev–Trinajstić information content (AvgIpc) is 3.27. The highest BCUT2D eigenvalue weighted by molar-refractivity contribution is 6.09. The molecule has 4 rings (SSSR count). The largest absolute Gasteiger partial charge is 0.464 e. The molecule has 2 heterocycles. The Kier molecular flexibility index (Phi) is 7.31. The van der Waals surface area contributed by atoms with Gasteiger partial charge in [0.1, 0.15) is 11.1 Å². The molecule has 2 aromatic carbocycles. The number of unbranched alkanes of at least 4 members (excludes halogenated alkanes) is 1. The molecule has 0 aliphatic carbocycles. The van der Waals surface area contributed by atoms with Gasteiger partial charge >= 0.3 is 5.97 Å². The average molecular weight is 491 g/mol. The Morgan fingerprint density at radius 2 is 1.64 bits per heavy atom. The van der Waals surface area contributed by atoms with Gasteiger partial charge < -0.3 is 14.2 Å². The predicted octanol–water partition coefficient (Wildman–Crippen LogP) is 5.62. The van der Waals surface area contributed by atoms with Crippen LogP contribution in [0.25, 0.3) is 0 Å². The van der Waals surface area contributed by atoms with Crippen molar-refractivity contribution in [2.45, 2.75) is 58.8 Å². The maximum atomic E-state index is 13.7. The van der Waals surface area contributed by atoms with E-state index in [0.29, 0.717) is 13.0 Å². The van der Waals surface area contributed by atoms with Gasteiger partial charge in [0, 0.05) is 11.8 Å². The van der Waals surface area contributed by atoms with E-state index >= 15 is 0 Å². The van der Waals surface area contributed by atoms with Gasteiger partial charge in [-0.25, -0.2) is 9.48 Å². The van der Waals surface area contributed by atoms with Crippen LogP contribution in [0.15, 0.2) is 60.7 Å². The fourth-order valence-electron chi connectivity index (χ4n) is 4.61. The van der Waals surface area contributed by atoms with Gasteiger partial charge in [0.05, 0.1) is 13.7 Å². The first kappa shape index (κ1) is 25.6. The molecule has 0 N–H and O–H groups in total. The number of ether oxygens (including phenoxy) is 3. The molecule has 0 saturated carbocycles. The number of Topliss-reactive ketones (excluding diaryl/α,β-unsaturated/α-hetero) is 1. The summed E-state index contributed by atoms with van der Waals surface area (Å²) < 4.78 is 19.3. The minimum absolute atomic E-state index is 0.0575. The summed E-state index contributed by atoms with van der Waals surface area (Å²) in [6.07, 6.45) is 1.61. The molecule has 0 amide bonds. The van der Waals surface area contributed by atoms with Gasteiger partial charge in [0.15, 0.2) is 11.5 Å². The predicted molar refractivity (Wildman–Crippen MR) is 136 cm³/mol. The van der Waals surface area contributed by atoms with Crippen molar-refractivity contribution in [2.75, 3.05) is 13.7 Å². The molecular formula is C29H34N2O5. The Bertz CT molecular complexity index is 1170. The summed E-state index contributed by atoms with van der Waals surface area (Å²) in [7, 11) is 1.28. The lowest BCUT2D eigenvalue weighted by Gasteiger charge is -2.42. The Hall–Kier alpha value is -3.45. The normalized spacial score (nSPS) is 16.6. The lowest BCUT2D eigenvalue weighted by Crippen LogP contribution is -2.47. The van der Waals surface area contributed by atoms with Gasteiger partial charge in [0.2, 0.25) is 12.2 Å². The first-order valence-electron chi connectivity index (χ1n) is 12.4. The number of fused-ring (bicyclic) bond motifs is 1. The molecular weight excluding hydrogens is 456 g/mol. The zero-order valence-corrected chi connectivity index (χ0v) is 21.6. The number of nitrogens with zero attached hydrogens (tertiary/aromatic N) is 2. The highest BCUT2D eigenvalue weighted by atomic mass is 16.7. The summed E-state index contributed by atoms with van der Waals surface area (Å²) in [6, 6.07) is 19.9. The van der Waals surface area contributed by atoms with Crippen LogP contribution >= 0.6 is 0 Å². The van der Waals surface area contributed by atoms with Crippen molar-refractivity contribution in [1.82, 2.24) is 9.78 Å². The van der Waals surface area contributed by atoms with Crippen LogP contribution in [0.5, 0.6) is 5.88 Å². The van der Waals surface area contributed by atoms with Crippen LogP contribution in [0.4, 0.5) is 0 Å². The minimum Gasteiger partial charge on any atom is -0.464 e. The number of esters is 1. The summed E-state index contributed by atoms with van der Waals surface area (Å²) in [5, 5.41) is 4.73. The summed E-state index contributed by atoms with van der Waals surface area (Å²) in [5.41, 5.74) is 0.283. The molecule has 0 saturated heterocycles. The summed E-state index contributed by atoms with van der Waals surface area (Å²) in [5.74, 6) is -0.726. The monoisotopic (exact) mass is 490 g/mol. The molecule has 0 unspecified atom stereocenters. The molecule has 0 radical (unpaired) electrons. The second-order valence-electron chi connectivity index (χ2n) is 10.1. The third-order valence-electron chi connectivity index (χ3n) is 6.50. The zero-order chi connectivity index (χ0) is 25.9. The van der Waals surface area contributed by atoms with E-state index < -0.39 is 23.2 Å². The number of methoxy groups -OCH3 is 1. The zero-order valence-electron chi connectivity index (χ0n) is 21.6. The lowest BCUT2D eigenvalue weighted by molar-refractivity contribution is -0.119. The van der Waals surface area contributed by atoms with E-state index in [1.165, 1.54) is 7.11 Å². The second kappa shape index (κ2) is 10.3. The van der Waals surface area contributed by atoms with E-state index in [-0.39, 0.29) is 22.9 Å². The van der Waals surface area contributed by atoms with Crippen molar-refractivity contribution in [1.29, 1.82) is 0 Å². The highest BCUT2D eigenvalue weighted by Crippen LogP contribution is 2.47. The summed E-state index contributed by atoms with van der Waals surface area (Å²) >= 11 is 0. The number of aromatic nitrogens is 2. The van der Waals surface area contributed by atoms with Crippen molar-refractivity contribution in [3.05, 3.63) is 83.0 Å². The van der Waals surface area contributed by atoms with Gasteiger partial charge in [-0.3, -0.25) is 4.79 Å². The Morgan fingerprint density at radius 3 is 2.14 bits per heavy atom. The minimum atomic E-state index is -0.883. The van der Waals surface area contributed by atoms with Crippen molar-refractivity contribution in [3.63, 3.8) is 0 Å². The number of benzene rings is 2. The van der Waals surface area contributed by atoms with Crippen LogP contribution in [0.2, 0.25) is 0 Å². The number of ketones is 1. The third kappa shape index (κ3) is 4.55. The fourth-order valence-corrected chi connectivity index (χ4v) is 4.61. The van der Waals surface area contributed by atoms with Crippen LogP contribution in [-0.2, 0) is 15.0 Å². The maximum absolute atomic E-state index is 13.7. The molecule has 0 bridgehead atoms. The Balaban J connectivity index is 2.05. The molecule has 190 valence electrons. The van der Waals surface area contributed by atoms with E-state index in [4.69, 9.17) is 19.3 Å². The number of rotatable bonds is 8. The van der Waals surface area contributed by atoms with Crippen LogP contribution in [0.3, 0.4) is 0 Å². The van der Waals surface area contributed by atoms with Gasteiger partial charge in [-0.2, -0.15) is 5.10 Å². The molecule has 0 spiro atoms. The van der Waals surface area contributed by atoms with E-state index in [9.17, 15) is 9.59 Å². The van der Waals surface area contributed by atoms with Gasteiger partial charge in [-0.15, -0.1) is 0 Å². The molecule has 1 aromatic heterocycles. The summed E-state index contributed by atoms with van der Waals surface area (Å²) in [6.45, 7) is 8.03. The standard InChI is InChI=1S/C29H34N2O5/c1-6-7-18-35-22-19-29(20-14-10-8-11-15-20,21-16-12-9-13-17-21)31-26(36-22)23(25(32)28(2,3)4)24(30-31)27(33)34-5/h8-17,22H,6-7,18-19H2,1-5H3/t22-/m0/s1. The van der Waals surface area contributed by atoms with Gasteiger partial charge in [-0.05, 0) is 17.5 Å². The van der Waals surface area contributed by atoms with Crippen LogP contribution < -0.4 is 4.74 Å².